The fourth-order valence-electron chi connectivity index (χ4n) is 2.59. The van der Waals surface area contributed by atoms with Gasteiger partial charge in [0.05, 0.1) is 5.92 Å². The summed E-state index contributed by atoms with van der Waals surface area (Å²) in [6, 6.07) is 0. The smallest absolute Gasteiger partial charge is 0.224 e. The van der Waals surface area contributed by atoms with E-state index in [1.807, 2.05) is 0 Å². The van der Waals surface area contributed by atoms with Gasteiger partial charge in [-0.15, -0.1) is 0 Å². The van der Waals surface area contributed by atoms with E-state index in [4.69, 9.17) is 0 Å². The number of carbonyl (C=O) groups is 1. The summed E-state index contributed by atoms with van der Waals surface area (Å²) in [5.41, 5.74) is 0. The summed E-state index contributed by atoms with van der Waals surface area (Å²) in [6.07, 6.45) is 3.51. The Kier molecular flexibility index (Phi) is 4.18. The molecule has 2 aliphatic heterocycles. The van der Waals surface area contributed by atoms with E-state index < -0.39 is 0 Å². The fraction of sp³-hybridized carbons (Fsp3) is 0.917. The van der Waals surface area contributed by atoms with Gasteiger partial charge in [-0.25, -0.2) is 0 Å². The van der Waals surface area contributed by atoms with Crippen LogP contribution in [0.25, 0.3) is 0 Å². The third-order valence-corrected chi connectivity index (χ3v) is 3.84. The first-order valence-electron chi connectivity index (χ1n) is 6.44. The van der Waals surface area contributed by atoms with Gasteiger partial charge in [-0.3, -0.25) is 4.79 Å². The van der Waals surface area contributed by atoms with Gasteiger partial charge in [0.2, 0.25) is 5.91 Å². The molecule has 16 heavy (non-hydrogen) atoms. The van der Waals surface area contributed by atoms with Crippen molar-refractivity contribution in [1.82, 2.24) is 15.5 Å². The van der Waals surface area contributed by atoms with Gasteiger partial charge in [-0.1, -0.05) is 0 Å². The molecular formula is C12H23N3O. The van der Waals surface area contributed by atoms with Crippen LogP contribution < -0.4 is 10.6 Å². The van der Waals surface area contributed by atoms with Crippen LogP contribution in [0.4, 0.5) is 0 Å². The molecule has 0 radical (unpaired) electrons. The van der Waals surface area contributed by atoms with Crippen molar-refractivity contribution in [3.63, 3.8) is 0 Å². The fourth-order valence-corrected chi connectivity index (χ4v) is 2.59. The first-order chi connectivity index (χ1) is 7.79. The van der Waals surface area contributed by atoms with Crippen LogP contribution in [0.1, 0.15) is 19.3 Å². The monoisotopic (exact) mass is 225 g/mol. The molecule has 92 valence electrons. The predicted molar refractivity (Wildman–Crippen MR) is 64.2 cm³/mol. The second-order valence-electron chi connectivity index (χ2n) is 5.07. The number of nitrogens with zero attached hydrogens (tertiary/aromatic N) is 1. The van der Waals surface area contributed by atoms with E-state index in [9.17, 15) is 4.79 Å². The molecule has 2 rings (SSSR count). The summed E-state index contributed by atoms with van der Waals surface area (Å²) in [6.45, 7) is 5.67. The molecular weight excluding hydrogens is 202 g/mol. The first-order valence-corrected chi connectivity index (χ1v) is 6.44. The number of piperidine rings is 1. The van der Waals surface area contributed by atoms with E-state index in [0.29, 0.717) is 0 Å². The maximum absolute atomic E-state index is 11.6. The van der Waals surface area contributed by atoms with Gasteiger partial charge in [0.25, 0.3) is 0 Å². The Morgan fingerprint density at radius 3 is 2.94 bits per heavy atom. The highest BCUT2D eigenvalue weighted by Gasteiger charge is 2.25. The van der Waals surface area contributed by atoms with Crippen LogP contribution in [-0.2, 0) is 4.79 Å². The van der Waals surface area contributed by atoms with Crippen molar-refractivity contribution in [2.24, 2.45) is 11.8 Å². The van der Waals surface area contributed by atoms with Crippen LogP contribution in [0.3, 0.4) is 0 Å². The molecule has 2 N–H and O–H groups in total. The van der Waals surface area contributed by atoms with Crippen LogP contribution >= 0.6 is 0 Å². The van der Waals surface area contributed by atoms with Gasteiger partial charge in [0.15, 0.2) is 0 Å². The van der Waals surface area contributed by atoms with E-state index in [1.165, 1.54) is 39.0 Å². The Labute approximate surface area is 97.8 Å². The quantitative estimate of drug-likeness (QED) is 0.711. The molecule has 2 fully saturated rings. The van der Waals surface area contributed by atoms with Crippen molar-refractivity contribution in [1.29, 1.82) is 0 Å². The average molecular weight is 225 g/mol. The normalized spacial score (nSPS) is 27.4. The molecule has 4 nitrogen and oxygen atoms in total. The summed E-state index contributed by atoms with van der Waals surface area (Å²) < 4.78 is 0. The van der Waals surface area contributed by atoms with Crippen molar-refractivity contribution in [3.8, 4) is 0 Å². The minimum atomic E-state index is 0.218. The predicted octanol–water partition coefficient (Wildman–Crippen LogP) is 0.0539. The highest BCUT2D eigenvalue weighted by molar-refractivity contribution is 5.78. The summed E-state index contributed by atoms with van der Waals surface area (Å²) in [4.78, 5) is 14.0. The van der Waals surface area contributed by atoms with Gasteiger partial charge >= 0.3 is 0 Å². The van der Waals surface area contributed by atoms with E-state index in [1.54, 1.807) is 7.05 Å². The number of likely N-dealkylation sites (tertiary alicyclic amines) is 1. The largest absolute Gasteiger partial charge is 0.359 e. The Morgan fingerprint density at radius 2 is 2.31 bits per heavy atom. The third kappa shape index (κ3) is 2.95. The summed E-state index contributed by atoms with van der Waals surface area (Å²) >= 11 is 0. The molecule has 4 heteroatoms. The first kappa shape index (κ1) is 11.9. The zero-order valence-corrected chi connectivity index (χ0v) is 10.2. The molecule has 0 aliphatic carbocycles. The van der Waals surface area contributed by atoms with Gasteiger partial charge in [-0.2, -0.15) is 0 Å². The number of rotatable bonds is 4. The molecule has 0 bridgehead atoms. The molecule has 2 saturated heterocycles. The van der Waals surface area contributed by atoms with Gasteiger partial charge in [-0.05, 0) is 51.4 Å². The molecule has 2 aliphatic rings. The summed E-state index contributed by atoms with van der Waals surface area (Å²) in [7, 11) is 1.74. The average Bonchev–Trinajstić information content (AvgIpc) is 2.26. The third-order valence-electron chi connectivity index (χ3n) is 3.84. The second kappa shape index (κ2) is 5.64. The van der Waals surface area contributed by atoms with Gasteiger partial charge in [0, 0.05) is 13.6 Å². The molecule has 0 saturated carbocycles. The molecule has 1 atom stereocenters. The molecule has 2 heterocycles. The van der Waals surface area contributed by atoms with Crippen LogP contribution in [0.5, 0.6) is 0 Å². The lowest BCUT2D eigenvalue weighted by atomic mass is 9.95. The molecule has 1 unspecified atom stereocenters. The van der Waals surface area contributed by atoms with E-state index in [-0.39, 0.29) is 11.8 Å². The maximum Gasteiger partial charge on any atom is 0.224 e. The van der Waals surface area contributed by atoms with E-state index in [0.717, 1.165) is 18.9 Å². The summed E-state index contributed by atoms with van der Waals surface area (Å²) in [5, 5.41) is 6.07. The van der Waals surface area contributed by atoms with Gasteiger partial charge in [0.1, 0.15) is 0 Å². The van der Waals surface area contributed by atoms with Crippen LogP contribution in [-0.4, -0.2) is 50.6 Å². The van der Waals surface area contributed by atoms with Crippen molar-refractivity contribution in [2.45, 2.75) is 19.3 Å². The Bertz CT molecular complexity index is 240. The Hall–Kier alpha value is -0.610. The summed E-state index contributed by atoms with van der Waals surface area (Å²) in [5.74, 6) is 1.31. The van der Waals surface area contributed by atoms with Crippen LogP contribution in [0.15, 0.2) is 0 Å². The number of amides is 1. The maximum atomic E-state index is 11.6. The Morgan fingerprint density at radius 1 is 1.50 bits per heavy atom. The zero-order valence-electron chi connectivity index (χ0n) is 10.2. The van der Waals surface area contributed by atoms with Crippen molar-refractivity contribution in [3.05, 3.63) is 0 Å². The van der Waals surface area contributed by atoms with Crippen molar-refractivity contribution < 1.29 is 4.79 Å². The van der Waals surface area contributed by atoms with Crippen molar-refractivity contribution in [2.75, 3.05) is 39.8 Å². The number of carbonyl (C=O) groups excluding carboxylic acids is 1. The molecule has 0 aromatic rings. The minimum absolute atomic E-state index is 0.218. The van der Waals surface area contributed by atoms with Crippen LogP contribution in [0.2, 0.25) is 0 Å². The molecule has 0 aromatic carbocycles. The molecule has 0 spiro atoms. The zero-order chi connectivity index (χ0) is 11.4. The number of hydrogen-bond donors (Lipinski definition) is 2. The number of hydrogen-bond acceptors (Lipinski definition) is 3. The molecule has 0 aromatic heterocycles. The molecule has 1 amide bonds. The van der Waals surface area contributed by atoms with Gasteiger partial charge < -0.3 is 15.5 Å². The minimum Gasteiger partial charge on any atom is -0.359 e. The highest BCUT2D eigenvalue weighted by atomic mass is 16.1. The van der Waals surface area contributed by atoms with Crippen LogP contribution in [0, 0.1) is 11.8 Å². The second-order valence-corrected chi connectivity index (χ2v) is 5.07. The van der Waals surface area contributed by atoms with E-state index in [2.05, 4.69) is 15.5 Å². The highest BCUT2D eigenvalue weighted by Crippen LogP contribution is 2.18. The van der Waals surface area contributed by atoms with Crippen molar-refractivity contribution >= 4 is 5.91 Å². The lowest BCUT2D eigenvalue weighted by Gasteiger charge is -2.34. The lowest BCUT2D eigenvalue weighted by Crippen LogP contribution is -2.46. The topological polar surface area (TPSA) is 44.4 Å². The number of nitrogens with one attached hydrogen (secondary N) is 2. The standard InChI is InChI=1S/C12H23N3O/c1-13-12(16)11-3-2-5-15(9-11)6-4-10-7-14-8-10/h10-11,14H,2-9H2,1H3,(H,13,16). The Balaban J connectivity index is 1.70. The van der Waals surface area contributed by atoms with E-state index >= 15 is 0 Å². The SMILES string of the molecule is CNC(=O)C1CCCN(CCC2CNC2)C1. The lowest BCUT2D eigenvalue weighted by molar-refractivity contribution is -0.126.